The minimum Gasteiger partial charge on any atom is -0.494 e. The lowest BCUT2D eigenvalue weighted by Crippen LogP contribution is -2.40. The molecule has 26 heavy (non-hydrogen) atoms. The number of aromatic nitrogens is 2. The van der Waals surface area contributed by atoms with Crippen molar-refractivity contribution in [2.75, 3.05) is 11.9 Å². The first-order valence-corrected chi connectivity index (χ1v) is 8.58. The number of hydrogen-bond donors (Lipinski definition) is 1. The summed E-state index contributed by atoms with van der Waals surface area (Å²) < 4.78 is 7.82. The molecule has 7 heteroatoms. The molecule has 2 aromatic rings. The van der Waals surface area contributed by atoms with E-state index in [0.717, 1.165) is 15.9 Å². The van der Waals surface area contributed by atoms with Gasteiger partial charge in [-0.2, -0.15) is 0 Å². The van der Waals surface area contributed by atoms with Crippen LogP contribution in [0.3, 0.4) is 0 Å². The van der Waals surface area contributed by atoms with Crippen LogP contribution in [-0.2, 0) is 13.6 Å². The third-order valence-electron chi connectivity index (χ3n) is 4.22. The van der Waals surface area contributed by atoms with Crippen LogP contribution in [0.2, 0.25) is 0 Å². The fourth-order valence-corrected chi connectivity index (χ4v) is 2.95. The van der Waals surface area contributed by atoms with Gasteiger partial charge in [0.15, 0.2) is 0 Å². The molecule has 1 N–H and O–H groups in total. The van der Waals surface area contributed by atoms with Crippen LogP contribution in [-0.4, -0.2) is 21.5 Å². The maximum absolute atomic E-state index is 12.7. The molecular weight excluding hydrogens is 334 g/mol. The number of nitrogens with zero attached hydrogens (tertiary/aromatic N) is 2. The number of ketones is 1. The average Bonchev–Trinajstić information content (AvgIpc) is 2.95. The molecular formula is C19H21N3O4. The summed E-state index contributed by atoms with van der Waals surface area (Å²) in [6.45, 7) is 4.84. The zero-order valence-electron chi connectivity index (χ0n) is 15.0. The molecule has 1 aromatic heterocycles. The molecule has 0 bridgehead atoms. The number of benzene rings is 1. The Hall–Kier alpha value is -3.09. The van der Waals surface area contributed by atoms with Gasteiger partial charge in [0.1, 0.15) is 17.1 Å². The summed E-state index contributed by atoms with van der Waals surface area (Å²) in [4.78, 5) is 37.5. The van der Waals surface area contributed by atoms with E-state index in [4.69, 9.17) is 4.74 Å². The molecule has 1 aliphatic heterocycles. The van der Waals surface area contributed by atoms with E-state index in [-0.39, 0.29) is 17.1 Å². The van der Waals surface area contributed by atoms with E-state index >= 15 is 0 Å². The maximum atomic E-state index is 12.7. The smallest absolute Gasteiger partial charge is 0.332 e. The van der Waals surface area contributed by atoms with Crippen LogP contribution in [0, 0.1) is 0 Å². The summed E-state index contributed by atoms with van der Waals surface area (Å²) in [5.41, 5.74) is 0.0657. The SMILES string of the molecule is CCCn1c2c(c(=O)n(C)c1=O)C(=O)/C(=C/c1ccc(OCC)cc1)N2. The first kappa shape index (κ1) is 17.7. The van der Waals surface area contributed by atoms with E-state index in [2.05, 4.69) is 5.32 Å². The molecule has 3 rings (SSSR count). The lowest BCUT2D eigenvalue weighted by molar-refractivity contribution is 0.104. The number of allylic oxidation sites excluding steroid dienone is 1. The van der Waals surface area contributed by atoms with Crippen LogP contribution < -0.4 is 21.3 Å². The summed E-state index contributed by atoms with van der Waals surface area (Å²) in [5, 5.41) is 2.96. The van der Waals surface area contributed by atoms with Crippen molar-refractivity contribution < 1.29 is 9.53 Å². The highest BCUT2D eigenvalue weighted by Crippen LogP contribution is 2.26. The second kappa shape index (κ2) is 7.03. The minimum atomic E-state index is -0.579. The Labute approximate surface area is 150 Å². The molecule has 2 heterocycles. The predicted octanol–water partition coefficient (Wildman–Crippen LogP) is 2.00. The topological polar surface area (TPSA) is 82.3 Å². The van der Waals surface area contributed by atoms with Gasteiger partial charge in [0.05, 0.1) is 12.3 Å². The molecule has 136 valence electrons. The van der Waals surface area contributed by atoms with Crippen molar-refractivity contribution in [1.82, 2.24) is 9.13 Å². The summed E-state index contributed by atoms with van der Waals surface area (Å²) in [7, 11) is 1.39. The zero-order valence-corrected chi connectivity index (χ0v) is 15.0. The van der Waals surface area contributed by atoms with Crippen molar-refractivity contribution in [3.05, 3.63) is 61.9 Å². The van der Waals surface area contributed by atoms with Crippen LogP contribution in [0.15, 0.2) is 39.6 Å². The van der Waals surface area contributed by atoms with Crippen LogP contribution >= 0.6 is 0 Å². The first-order chi connectivity index (χ1) is 12.5. The molecule has 0 saturated carbocycles. The third-order valence-corrected chi connectivity index (χ3v) is 4.22. The Kier molecular flexibility index (Phi) is 4.79. The molecule has 7 nitrogen and oxygen atoms in total. The fraction of sp³-hybridized carbons (Fsp3) is 0.316. The zero-order chi connectivity index (χ0) is 18.8. The molecule has 0 saturated heterocycles. The quantitative estimate of drug-likeness (QED) is 0.830. The Morgan fingerprint density at radius 2 is 1.81 bits per heavy atom. The molecule has 0 spiro atoms. The van der Waals surface area contributed by atoms with Crippen molar-refractivity contribution >= 4 is 17.7 Å². The number of Topliss-reactive ketones (excluding diaryl/α,β-unsaturated/α-hetero) is 1. The van der Waals surface area contributed by atoms with Crippen LogP contribution in [0.4, 0.5) is 5.82 Å². The van der Waals surface area contributed by atoms with Crippen molar-refractivity contribution in [1.29, 1.82) is 0 Å². The van der Waals surface area contributed by atoms with E-state index < -0.39 is 17.0 Å². The van der Waals surface area contributed by atoms with Gasteiger partial charge in [-0.05, 0) is 37.1 Å². The molecule has 1 aromatic carbocycles. The van der Waals surface area contributed by atoms with Gasteiger partial charge < -0.3 is 10.1 Å². The van der Waals surface area contributed by atoms with Gasteiger partial charge in [-0.1, -0.05) is 19.1 Å². The highest BCUT2D eigenvalue weighted by molar-refractivity contribution is 6.19. The molecule has 0 aliphatic carbocycles. The molecule has 1 aliphatic rings. The van der Waals surface area contributed by atoms with Gasteiger partial charge in [0.2, 0.25) is 5.78 Å². The van der Waals surface area contributed by atoms with Gasteiger partial charge in [0.25, 0.3) is 5.56 Å². The number of rotatable bonds is 5. The van der Waals surface area contributed by atoms with Gasteiger partial charge in [0, 0.05) is 13.6 Å². The van der Waals surface area contributed by atoms with E-state index in [9.17, 15) is 14.4 Å². The molecule has 0 unspecified atom stereocenters. The van der Waals surface area contributed by atoms with Crippen LogP contribution in [0.25, 0.3) is 6.08 Å². The molecule has 0 atom stereocenters. The number of carbonyl (C=O) groups is 1. The Balaban J connectivity index is 2.04. The van der Waals surface area contributed by atoms with E-state index in [1.165, 1.54) is 11.6 Å². The lowest BCUT2D eigenvalue weighted by Gasteiger charge is -2.11. The van der Waals surface area contributed by atoms with E-state index in [1.807, 2.05) is 38.1 Å². The summed E-state index contributed by atoms with van der Waals surface area (Å²) >= 11 is 0. The monoisotopic (exact) mass is 355 g/mol. The molecule has 0 amide bonds. The Bertz CT molecular complexity index is 997. The summed E-state index contributed by atoms with van der Waals surface area (Å²) in [6, 6.07) is 7.28. The second-order valence-electron chi connectivity index (χ2n) is 6.04. The lowest BCUT2D eigenvalue weighted by atomic mass is 10.1. The highest BCUT2D eigenvalue weighted by atomic mass is 16.5. The fourth-order valence-electron chi connectivity index (χ4n) is 2.95. The number of ether oxygens (including phenoxy) is 1. The normalized spacial score (nSPS) is 14.4. The standard InChI is InChI=1S/C19H21N3O4/c1-4-10-22-17-15(18(24)21(3)19(22)25)16(23)14(20-17)11-12-6-8-13(9-7-12)26-5-2/h6-9,11,20H,4-5,10H2,1-3H3/b14-11-. The minimum absolute atomic E-state index is 0.0118. The number of fused-ring (bicyclic) bond motifs is 1. The van der Waals surface area contributed by atoms with Crippen LogP contribution in [0.5, 0.6) is 5.75 Å². The summed E-state index contributed by atoms with van der Waals surface area (Å²) in [5.74, 6) is 0.621. The van der Waals surface area contributed by atoms with Crippen molar-refractivity contribution in [3.63, 3.8) is 0 Å². The average molecular weight is 355 g/mol. The largest absolute Gasteiger partial charge is 0.494 e. The van der Waals surface area contributed by atoms with Crippen molar-refractivity contribution in [2.45, 2.75) is 26.8 Å². The van der Waals surface area contributed by atoms with E-state index in [1.54, 1.807) is 6.08 Å². The number of hydrogen-bond acceptors (Lipinski definition) is 5. The predicted molar refractivity (Wildman–Crippen MR) is 99.8 cm³/mol. The number of anilines is 1. The third kappa shape index (κ3) is 2.96. The molecule has 0 radical (unpaired) electrons. The summed E-state index contributed by atoms with van der Waals surface area (Å²) in [6.07, 6.45) is 2.37. The van der Waals surface area contributed by atoms with Gasteiger partial charge >= 0.3 is 5.69 Å². The van der Waals surface area contributed by atoms with Gasteiger partial charge in [-0.15, -0.1) is 0 Å². The number of carbonyl (C=O) groups excluding carboxylic acids is 1. The first-order valence-electron chi connectivity index (χ1n) is 8.58. The van der Waals surface area contributed by atoms with Crippen molar-refractivity contribution in [2.24, 2.45) is 7.05 Å². The Morgan fingerprint density at radius 1 is 1.12 bits per heavy atom. The van der Waals surface area contributed by atoms with E-state index in [0.29, 0.717) is 19.6 Å². The second-order valence-corrected chi connectivity index (χ2v) is 6.04. The number of nitrogens with one attached hydrogen (secondary N) is 1. The maximum Gasteiger partial charge on any atom is 0.332 e. The Morgan fingerprint density at radius 3 is 2.42 bits per heavy atom. The molecule has 0 fully saturated rings. The van der Waals surface area contributed by atoms with Gasteiger partial charge in [-0.3, -0.25) is 18.7 Å². The van der Waals surface area contributed by atoms with Crippen molar-refractivity contribution in [3.8, 4) is 5.75 Å². The van der Waals surface area contributed by atoms with Gasteiger partial charge in [-0.25, -0.2) is 4.79 Å². The highest BCUT2D eigenvalue weighted by Gasteiger charge is 2.32. The van der Waals surface area contributed by atoms with Crippen LogP contribution in [0.1, 0.15) is 36.2 Å².